The Bertz CT molecular complexity index is 490. The van der Waals surface area contributed by atoms with Gasteiger partial charge in [0.15, 0.2) is 18.2 Å². The van der Waals surface area contributed by atoms with Gasteiger partial charge in [0.05, 0.1) is 0 Å². The Morgan fingerprint density at radius 1 is 1.40 bits per heavy atom. The van der Waals surface area contributed by atoms with E-state index < -0.39 is 11.8 Å². The first-order valence-corrected chi connectivity index (χ1v) is 6.25. The number of halogens is 1. The Labute approximate surface area is 117 Å². The average Bonchev–Trinajstić information content (AvgIpc) is 2.38. The number of ether oxygens (including phenoxy) is 1. The summed E-state index contributed by atoms with van der Waals surface area (Å²) in [5.41, 5.74) is 0.837. The minimum absolute atomic E-state index is 0.00495. The topological polar surface area (TPSA) is 66.8 Å². The fourth-order valence-corrected chi connectivity index (χ4v) is 1.56. The van der Waals surface area contributed by atoms with Crippen molar-refractivity contribution in [3.05, 3.63) is 29.6 Å². The van der Waals surface area contributed by atoms with Crippen molar-refractivity contribution >= 4 is 11.9 Å². The summed E-state index contributed by atoms with van der Waals surface area (Å²) in [7, 11) is 1.56. The first-order chi connectivity index (χ1) is 9.40. The molecule has 0 atom stereocenters. The lowest BCUT2D eigenvalue weighted by Crippen LogP contribution is -2.32. The minimum Gasteiger partial charge on any atom is -0.481 e. The van der Waals surface area contributed by atoms with Crippen molar-refractivity contribution in [3.8, 4) is 5.75 Å². The fraction of sp³-hybridized carbons (Fsp3) is 0.429. The van der Waals surface area contributed by atoms with Gasteiger partial charge in [0.1, 0.15) is 0 Å². The molecule has 1 aromatic rings. The van der Waals surface area contributed by atoms with Gasteiger partial charge in [-0.25, -0.2) is 4.39 Å². The van der Waals surface area contributed by atoms with Crippen LogP contribution in [0.3, 0.4) is 0 Å². The van der Waals surface area contributed by atoms with E-state index in [0.717, 1.165) is 5.56 Å². The number of amides is 1. The van der Waals surface area contributed by atoms with Crippen molar-refractivity contribution in [1.82, 2.24) is 4.90 Å². The fourth-order valence-electron chi connectivity index (χ4n) is 1.56. The Hall–Kier alpha value is -2.11. The molecule has 0 heterocycles. The number of aliphatic carboxylic acids is 1. The second-order valence-electron chi connectivity index (χ2n) is 4.54. The molecular weight excluding hydrogens is 265 g/mol. The zero-order valence-corrected chi connectivity index (χ0v) is 11.6. The van der Waals surface area contributed by atoms with Crippen molar-refractivity contribution in [1.29, 1.82) is 0 Å². The number of rotatable bonds is 7. The summed E-state index contributed by atoms with van der Waals surface area (Å²) < 4.78 is 18.5. The smallest absolute Gasteiger partial charge is 0.303 e. The monoisotopic (exact) mass is 283 g/mol. The summed E-state index contributed by atoms with van der Waals surface area (Å²) in [5.74, 6) is -1.70. The Balaban J connectivity index is 2.42. The van der Waals surface area contributed by atoms with Crippen LogP contribution in [0, 0.1) is 12.7 Å². The highest BCUT2D eigenvalue weighted by molar-refractivity contribution is 5.77. The number of likely N-dealkylation sites (N-methyl/N-ethyl adjacent to an activating group) is 1. The van der Waals surface area contributed by atoms with Gasteiger partial charge in [-0.2, -0.15) is 0 Å². The first-order valence-electron chi connectivity index (χ1n) is 6.25. The van der Waals surface area contributed by atoms with E-state index in [2.05, 4.69) is 0 Å². The number of carbonyl (C=O) groups excluding carboxylic acids is 1. The Morgan fingerprint density at radius 2 is 2.10 bits per heavy atom. The number of carboxylic acids is 1. The van der Waals surface area contributed by atoms with Gasteiger partial charge in [-0.15, -0.1) is 0 Å². The molecule has 1 N–H and O–H groups in total. The predicted octanol–water partition coefficient (Wildman–Crippen LogP) is 1.84. The lowest BCUT2D eigenvalue weighted by molar-refractivity contribution is -0.138. The summed E-state index contributed by atoms with van der Waals surface area (Å²) in [4.78, 5) is 23.5. The van der Waals surface area contributed by atoms with E-state index in [4.69, 9.17) is 9.84 Å². The molecule has 0 unspecified atom stereocenters. The number of carbonyl (C=O) groups is 2. The van der Waals surface area contributed by atoms with Crippen molar-refractivity contribution in [2.75, 3.05) is 20.2 Å². The summed E-state index contributed by atoms with van der Waals surface area (Å²) in [6.45, 7) is 1.85. The highest BCUT2D eigenvalue weighted by Gasteiger charge is 2.11. The van der Waals surface area contributed by atoms with Gasteiger partial charge in [0.2, 0.25) is 0 Å². The first kappa shape index (κ1) is 15.9. The third kappa shape index (κ3) is 5.26. The maximum Gasteiger partial charge on any atom is 0.303 e. The van der Waals surface area contributed by atoms with Crippen LogP contribution in [0.15, 0.2) is 18.2 Å². The van der Waals surface area contributed by atoms with Crippen LogP contribution in [-0.2, 0) is 9.59 Å². The van der Waals surface area contributed by atoms with Crippen molar-refractivity contribution in [2.45, 2.75) is 19.8 Å². The van der Waals surface area contributed by atoms with E-state index in [9.17, 15) is 14.0 Å². The third-order valence-corrected chi connectivity index (χ3v) is 2.75. The van der Waals surface area contributed by atoms with E-state index >= 15 is 0 Å². The van der Waals surface area contributed by atoms with Crippen LogP contribution in [0.4, 0.5) is 4.39 Å². The molecule has 0 radical (unpaired) electrons. The maximum absolute atomic E-state index is 13.4. The number of nitrogens with zero attached hydrogens (tertiary/aromatic N) is 1. The van der Waals surface area contributed by atoms with Crippen LogP contribution in [0.25, 0.3) is 0 Å². The van der Waals surface area contributed by atoms with Gasteiger partial charge in [0, 0.05) is 20.0 Å². The molecule has 20 heavy (non-hydrogen) atoms. The zero-order chi connectivity index (χ0) is 15.1. The van der Waals surface area contributed by atoms with Gasteiger partial charge in [-0.1, -0.05) is 6.07 Å². The van der Waals surface area contributed by atoms with Crippen molar-refractivity contribution < 1.29 is 23.8 Å². The van der Waals surface area contributed by atoms with Crippen LogP contribution in [0.1, 0.15) is 18.4 Å². The summed E-state index contributed by atoms with van der Waals surface area (Å²) in [6.07, 6.45) is 0.376. The SMILES string of the molecule is Cc1ccc(F)c(OCC(=O)N(C)CCCC(=O)O)c1. The van der Waals surface area contributed by atoms with Crippen LogP contribution in [0.2, 0.25) is 0 Å². The standard InChI is InChI=1S/C14H18FNO4/c1-10-5-6-11(15)12(8-10)20-9-13(17)16(2)7-3-4-14(18)19/h5-6,8H,3-4,7,9H2,1-2H3,(H,18,19). The summed E-state index contributed by atoms with van der Waals surface area (Å²) in [6, 6.07) is 4.42. The molecule has 1 rings (SSSR count). The van der Waals surface area contributed by atoms with Gasteiger partial charge in [-0.05, 0) is 31.0 Å². The second kappa shape index (κ2) is 7.47. The van der Waals surface area contributed by atoms with E-state index in [1.165, 1.54) is 17.0 Å². The maximum atomic E-state index is 13.4. The van der Waals surface area contributed by atoms with Crippen LogP contribution in [0.5, 0.6) is 5.75 Å². The number of carboxylic acid groups (broad SMARTS) is 1. The molecule has 110 valence electrons. The molecule has 1 amide bonds. The van der Waals surface area contributed by atoms with Gasteiger partial charge < -0.3 is 14.7 Å². The van der Waals surface area contributed by atoms with Crippen LogP contribution >= 0.6 is 0 Å². The average molecular weight is 283 g/mol. The number of hydrogen-bond acceptors (Lipinski definition) is 3. The molecule has 0 bridgehead atoms. The normalized spacial score (nSPS) is 10.2. The van der Waals surface area contributed by atoms with Crippen LogP contribution < -0.4 is 4.74 Å². The molecule has 0 saturated heterocycles. The molecule has 1 aromatic carbocycles. The van der Waals surface area contributed by atoms with Crippen molar-refractivity contribution in [2.24, 2.45) is 0 Å². The molecular formula is C14H18FNO4. The lowest BCUT2D eigenvalue weighted by Gasteiger charge is -2.17. The predicted molar refractivity (Wildman–Crippen MR) is 71.1 cm³/mol. The molecule has 6 heteroatoms. The number of aryl methyl sites for hydroxylation is 1. The summed E-state index contributed by atoms with van der Waals surface area (Å²) >= 11 is 0. The molecule has 5 nitrogen and oxygen atoms in total. The molecule has 0 fully saturated rings. The number of hydrogen-bond donors (Lipinski definition) is 1. The van der Waals surface area contributed by atoms with Gasteiger partial charge in [0.25, 0.3) is 5.91 Å². The molecule has 0 spiro atoms. The van der Waals surface area contributed by atoms with E-state index in [1.54, 1.807) is 20.0 Å². The highest BCUT2D eigenvalue weighted by Crippen LogP contribution is 2.18. The van der Waals surface area contributed by atoms with Gasteiger partial charge in [-0.3, -0.25) is 9.59 Å². The van der Waals surface area contributed by atoms with E-state index in [-0.39, 0.29) is 24.7 Å². The molecule has 0 aromatic heterocycles. The van der Waals surface area contributed by atoms with E-state index in [1.807, 2.05) is 0 Å². The third-order valence-electron chi connectivity index (χ3n) is 2.75. The number of benzene rings is 1. The van der Waals surface area contributed by atoms with E-state index in [0.29, 0.717) is 13.0 Å². The minimum atomic E-state index is -0.899. The quantitative estimate of drug-likeness (QED) is 0.829. The lowest BCUT2D eigenvalue weighted by atomic mass is 10.2. The Morgan fingerprint density at radius 3 is 2.75 bits per heavy atom. The van der Waals surface area contributed by atoms with Crippen LogP contribution in [-0.4, -0.2) is 42.1 Å². The molecule has 0 saturated carbocycles. The molecule has 0 aliphatic carbocycles. The second-order valence-corrected chi connectivity index (χ2v) is 4.54. The van der Waals surface area contributed by atoms with Crippen molar-refractivity contribution in [3.63, 3.8) is 0 Å². The molecule has 0 aliphatic rings. The zero-order valence-electron chi connectivity index (χ0n) is 11.6. The Kier molecular flexibility index (Phi) is 5.96. The summed E-state index contributed by atoms with van der Waals surface area (Å²) in [5, 5.41) is 8.50. The molecule has 0 aliphatic heterocycles. The largest absolute Gasteiger partial charge is 0.481 e. The van der Waals surface area contributed by atoms with Gasteiger partial charge >= 0.3 is 5.97 Å². The highest BCUT2D eigenvalue weighted by atomic mass is 19.1.